The Morgan fingerprint density at radius 1 is 1.18 bits per heavy atom. The number of anilines is 3. The zero-order valence-electron chi connectivity index (χ0n) is 21.8. The second-order valence-corrected chi connectivity index (χ2v) is 10.3. The lowest BCUT2D eigenvalue weighted by molar-refractivity contribution is 0.260. The van der Waals surface area contributed by atoms with Gasteiger partial charge in [0, 0.05) is 40.2 Å². The van der Waals surface area contributed by atoms with Crippen molar-refractivity contribution in [1.29, 1.82) is 5.26 Å². The Balaban J connectivity index is 1.47. The smallest absolute Gasteiger partial charge is 0.123 e. The molecule has 0 bridgehead atoms. The van der Waals surface area contributed by atoms with Crippen molar-refractivity contribution in [3.05, 3.63) is 105 Å². The minimum absolute atomic E-state index is 0.320. The van der Waals surface area contributed by atoms with Crippen LogP contribution in [0.25, 0.3) is 10.9 Å². The highest BCUT2D eigenvalue weighted by molar-refractivity contribution is 6.36. The maximum absolute atomic E-state index is 13.8. The van der Waals surface area contributed by atoms with Crippen molar-refractivity contribution in [2.45, 2.75) is 31.8 Å². The molecule has 1 fully saturated rings. The predicted molar refractivity (Wildman–Crippen MR) is 153 cm³/mol. The second-order valence-electron chi connectivity index (χ2n) is 9.48. The molecule has 1 atom stereocenters. The van der Waals surface area contributed by atoms with E-state index in [-0.39, 0.29) is 0 Å². The van der Waals surface area contributed by atoms with Gasteiger partial charge in [-0.1, -0.05) is 41.4 Å². The Hall–Kier alpha value is -4.03. The van der Waals surface area contributed by atoms with E-state index < -0.39 is 11.8 Å². The van der Waals surface area contributed by atoms with Crippen LogP contribution in [0.3, 0.4) is 0 Å². The minimum Gasteiger partial charge on any atom is -0.373 e. The summed E-state index contributed by atoms with van der Waals surface area (Å²) < 4.78 is 23.4. The molecule has 0 spiro atoms. The molecule has 4 aromatic rings. The first-order chi connectivity index (χ1) is 19.3. The van der Waals surface area contributed by atoms with Crippen molar-refractivity contribution >= 4 is 51.2 Å². The molecule has 10 heteroatoms. The molecule has 0 saturated heterocycles. The van der Waals surface area contributed by atoms with Gasteiger partial charge in [0.25, 0.3) is 0 Å². The van der Waals surface area contributed by atoms with Gasteiger partial charge >= 0.3 is 0 Å². The molecule has 0 amide bonds. The number of fused-ring (bicyclic) bond motifs is 1. The molecule has 39 heavy (non-hydrogen) atoms. The highest BCUT2D eigenvalue weighted by Crippen LogP contribution is 2.38. The number of hydrogen-bond donors (Lipinski definition) is 4. The maximum Gasteiger partial charge on any atom is 0.123 e. The largest absolute Gasteiger partial charge is 0.373 e. The lowest BCUT2D eigenvalue weighted by Gasteiger charge is -2.22. The normalized spacial score (nSPS) is 16.6. The predicted octanol–water partition coefficient (Wildman–Crippen LogP) is 7.09. The maximum atomic E-state index is 13.8. The number of hydrazine groups is 2. The van der Waals surface area contributed by atoms with Crippen LogP contribution in [0.1, 0.15) is 36.9 Å². The van der Waals surface area contributed by atoms with Crippen LogP contribution in [0.2, 0.25) is 10.0 Å². The molecule has 2 aliphatic rings. The first-order valence-corrected chi connectivity index (χ1v) is 13.1. The summed E-state index contributed by atoms with van der Waals surface area (Å²) in [6.45, 7) is 1.89. The lowest BCUT2D eigenvalue weighted by Crippen LogP contribution is -2.38. The SMILES string of the molecule is [2H]C(Nc1cc(Cl)c2ncc(C#N)c(Nc3cccc(Cl)c3C)c2c1)(C1=CN(C2CC2)NN1)c1ccc(F)cc1. The molecule has 196 valence electrons. The molecule has 1 saturated carbocycles. The summed E-state index contributed by atoms with van der Waals surface area (Å²) in [4.78, 5) is 4.44. The fourth-order valence-electron chi connectivity index (χ4n) is 4.49. The number of pyridine rings is 1. The highest BCUT2D eigenvalue weighted by atomic mass is 35.5. The van der Waals surface area contributed by atoms with E-state index in [1.54, 1.807) is 30.3 Å². The van der Waals surface area contributed by atoms with E-state index in [1.165, 1.54) is 18.3 Å². The highest BCUT2D eigenvalue weighted by Gasteiger charge is 2.32. The molecule has 4 N–H and O–H groups in total. The minimum atomic E-state index is -1.54. The van der Waals surface area contributed by atoms with Crippen molar-refractivity contribution < 1.29 is 5.76 Å². The second kappa shape index (κ2) is 10.3. The average Bonchev–Trinajstić information content (AvgIpc) is 3.67. The topological polar surface area (TPSA) is 88.0 Å². The molecular formula is C29H24Cl2FN7. The quantitative estimate of drug-likeness (QED) is 0.192. The van der Waals surface area contributed by atoms with E-state index in [4.69, 9.17) is 23.2 Å². The standard InChI is InChI=1S/C29H24Cl2FN7/c1-16-23(30)3-2-4-25(16)36-27-18(13-33)14-34-29-22(27)11-20(12-24(29)31)35-28(17-5-7-19(32)8-6-17)26-15-39(38-37-26)21-9-10-21/h2-8,11-12,14-15,21,28,35,37-38H,9-10H2,1H3,(H,34,36)/i28D. The third kappa shape index (κ3) is 5.04. The Morgan fingerprint density at radius 3 is 2.72 bits per heavy atom. The van der Waals surface area contributed by atoms with Crippen LogP contribution in [-0.4, -0.2) is 16.0 Å². The summed E-state index contributed by atoms with van der Waals surface area (Å²) in [5.41, 5.74) is 10.6. The summed E-state index contributed by atoms with van der Waals surface area (Å²) in [6, 6.07) is 15.8. The zero-order chi connectivity index (χ0) is 28.0. The summed E-state index contributed by atoms with van der Waals surface area (Å²) in [6.07, 6.45) is 5.45. The van der Waals surface area contributed by atoms with Gasteiger partial charge in [0.05, 0.1) is 34.9 Å². The number of aromatic nitrogens is 1. The Bertz CT molecular complexity index is 1700. The summed E-state index contributed by atoms with van der Waals surface area (Å²) in [5.74, 6) is -0.395. The van der Waals surface area contributed by atoms with Crippen LogP contribution >= 0.6 is 23.2 Å². The number of rotatable bonds is 7. The van der Waals surface area contributed by atoms with Gasteiger partial charge in [-0.2, -0.15) is 5.26 Å². The monoisotopic (exact) mass is 560 g/mol. The van der Waals surface area contributed by atoms with Crippen LogP contribution in [-0.2, 0) is 0 Å². The van der Waals surface area contributed by atoms with Gasteiger partial charge in [0.2, 0.25) is 0 Å². The van der Waals surface area contributed by atoms with Gasteiger partial charge in [-0.25, -0.2) is 4.39 Å². The first-order valence-electron chi connectivity index (χ1n) is 12.9. The Kier molecular flexibility index (Phi) is 6.33. The molecule has 1 unspecified atom stereocenters. The van der Waals surface area contributed by atoms with Gasteiger partial charge in [-0.3, -0.25) is 9.99 Å². The molecule has 1 aromatic heterocycles. The molecule has 1 aliphatic carbocycles. The van der Waals surface area contributed by atoms with Crippen LogP contribution in [0.5, 0.6) is 0 Å². The van der Waals surface area contributed by atoms with E-state index in [1.807, 2.05) is 30.3 Å². The molecule has 7 nitrogen and oxygen atoms in total. The third-order valence-corrected chi connectivity index (χ3v) is 7.47. The van der Waals surface area contributed by atoms with Crippen molar-refractivity contribution in [2.24, 2.45) is 0 Å². The molecule has 0 radical (unpaired) electrons. The fourth-order valence-corrected chi connectivity index (χ4v) is 4.93. The van der Waals surface area contributed by atoms with E-state index in [0.717, 1.165) is 24.1 Å². The van der Waals surface area contributed by atoms with Gasteiger partial charge in [-0.15, -0.1) is 5.53 Å². The summed E-state index contributed by atoms with van der Waals surface area (Å²) in [5, 5.41) is 20.0. The average molecular weight is 561 g/mol. The molecule has 1 aliphatic heterocycles. The number of nitriles is 1. The Labute approximate surface area is 236 Å². The van der Waals surface area contributed by atoms with Crippen molar-refractivity contribution in [3.8, 4) is 6.07 Å². The van der Waals surface area contributed by atoms with Crippen LogP contribution < -0.4 is 21.6 Å². The van der Waals surface area contributed by atoms with E-state index >= 15 is 0 Å². The van der Waals surface area contributed by atoms with Crippen LogP contribution in [0.4, 0.5) is 21.5 Å². The van der Waals surface area contributed by atoms with Gasteiger partial charge in [-0.05, 0) is 67.3 Å². The molecule has 6 rings (SSSR count). The first kappa shape index (κ1) is 24.0. The van der Waals surface area contributed by atoms with Gasteiger partial charge in [0.15, 0.2) is 0 Å². The fraction of sp³-hybridized carbons (Fsp3) is 0.172. The molecular weight excluding hydrogens is 536 g/mol. The number of benzene rings is 3. The van der Waals surface area contributed by atoms with Crippen LogP contribution in [0, 0.1) is 24.1 Å². The van der Waals surface area contributed by atoms with E-state index in [9.17, 15) is 11.0 Å². The number of nitrogens with one attached hydrogen (secondary N) is 4. The van der Waals surface area contributed by atoms with Crippen molar-refractivity contribution in [2.75, 3.05) is 10.6 Å². The Morgan fingerprint density at radius 2 is 1.97 bits per heavy atom. The van der Waals surface area contributed by atoms with E-state index in [2.05, 4.69) is 32.6 Å². The summed E-state index contributed by atoms with van der Waals surface area (Å²) in [7, 11) is 0. The van der Waals surface area contributed by atoms with Crippen molar-refractivity contribution in [3.63, 3.8) is 0 Å². The van der Waals surface area contributed by atoms with Crippen LogP contribution in [0.15, 0.2) is 72.7 Å². The van der Waals surface area contributed by atoms with Crippen molar-refractivity contribution in [1.82, 2.24) is 21.0 Å². The molecule has 2 heterocycles. The lowest BCUT2D eigenvalue weighted by atomic mass is 10.0. The van der Waals surface area contributed by atoms with Gasteiger partial charge < -0.3 is 16.1 Å². The number of hydrogen-bond acceptors (Lipinski definition) is 7. The number of halogens is 3. The summed E-state index contributed by atoms with van der Waals surface area (Å²) >= 11 is 13.1. The molecule has 3 aromatic carbocycles. The third-order valence-electron chi connectivity index (χ3n) is 6.77. The number of nitrogens with zero attached hydrogens (tertiary/aromatic N) is 3. The van der Waals surface area contributed by atoms with Gasteiger partial charge in [0.1, 0.15) is 11.9 Å². The zero-order valence-corrected chi connectivity index (χ0v) is 22.3. The van der Waals surface area contributed by atoms with E-state index in [0.29, 0.717) is 55.2 Å².